The van der Waals surface area contributed by atoms with Gasteiger partial charge in [-0.2, -0.15) is 0 Å². The van der Waals surface area contributed by atoms with Crippen molar-refractivity contribution in [1.82, 2.24) is 0 Å². The van der Waals surface area contributed by atoms with E-state index in [1.807, 2.05) is 0 Å². The Morgan fingerprint density at radius 3 is 1.19 bits per heavy atom. The van der Waals surface area contributed by atoms with Gasteiger partial charge in [0.25, 0.3) is 0 Å². The molecule has 0 aliphatic carbocycles. The summed E-state index contributed by atoms with van der Waals surface area (Å²) in [6.45, 7) is 13.1. The third-order valence-electron chi connectivity index (χ3n) is 10.3. The van der Waals surface area contributed by atoms with E-state index in [1.54, 1.807) is 0 Å². The first-order valence-electron chi connectivity index (χ1n) is 18.5. The van der Waals surface area contributed by atoms with E-state index in [-0.39, 0.29) is 0 Å². The van der Waals surface area contributed by atoms with Gasteiger partial charge in [-0.3, -0.25) is 0 Å². The fourth-order valence-electron chi connectivity index (χ4n) is 6.98. The Labute approximate surface area is 316 Å². The molecule has 0 amide bonds. The van der Waals surface area contributed by atoms with Crippen molar-refractivity contribution < 1.29 is 0 Å². The third-order valence-corrected chi connectivity index (χ3v) is 10.3. The maximum Gasteiger partial charge on any atom is 0.0490 e. The van der Waals surface area contributed by atoms with Gasteiger partial charge in [0.2, 0.25) is 0 Å². The lowest BCUT2D eigenvalue weighted by atomic mass is 9.93. The second-order valence-electron chi connectivity index (χ2n) is 14.3. The molecule has 0 atom stereocenters. The molecular weight excluding hydrogens is 639 g/mol. The predicted octanol–water partition coefficient (Wildman–Crippen LogP) is 14.2. The highest BCUT2D eigenvalue weighted by atomic mass is 15.1. The number of nitrogens with zero attached hydrogens (tertiary/aromatic N) is 1. The van der Waals surface area contributed by atoms with Crippen LogP contribution in [0.4, 0.5) is 17.1 Å². The lowest BCUT2D eigenvalue weighted by Crippen LogP contribution is -2.11. The van der Waals surface area contributed by atoms with Crippen LogP contribution in [0.5, 0.6) is 0 Å². The number of hydrogen-bond acceptors (Lipinski definition) is 1. The van der Waals surface area contributed by atoms with Crippen LogP contribution in [0.2, 0.25) is 0 Å². The molecule has 260 valence electrons. The van der Waals surface area contributed by atoms with Gasteiger partial charge in [0.05, 0.1) is 0 Å². The van der Waals surface area contributed by atoms with Crippen LogP contribution >= 0.6 is 0 Å². The maximum absolute atomic E-state index is 2.37. The minimum absolute atomic E-state index is 1.12. The molecule has 0 bridgehead atoms. The number of anilines is 3. The van der Waals surface area contributed by atoms with E-state index in [1.165, 1.54) is 72.5 Å². The quantitative estimate of drug-likeness (QED) is 0.137. The predicted molar refractivity (Wildman–Crippen MR) is 229 cm³/mol. The molecule has 0 spiro atoms. The number of aryl methyl sites for hydroxylation is 6. The Morgan fingerprint density at radius 2 is 0.792 bits per heavy atom. The second kappa shape index (κ2) is 15.6. The Bertz CT molecular complexity index is 2260. The van der Waals surface area contributed by atoms with E-state index >= 15 is 0 Å². The SMILES string of the molecule is Cc1ccc(N(c2ccc(/C=C(/c3ccccc3)c3ccc(C)c(C)c3)cc2)c2ccc(/C=C(\c3ccccc3)c3ccc(C)c(C)c3)cc2)c(C)c1. The molecule has 1 nitrogen and oxygen atoms in total. The largest absolute Gasteiger partial charge is 0.310 e. The molecule has 0 N–H and O–H groups in total. The molecule has 7 aromatic carbocycles. The van der Waals surface area contributed by atoms with Crippen molar-refractivity contribution in [1.29, 1.82) is 0 Å². The van der Waals surface area contributed by atoms with Crippen molar-refractivity contribution in [2.75, 3.05) is 4.90 Å². The summed E-state index contributed by atoms with van der Waals surface area (Å²) in [4.78, 5) is 2.37. The molecule has 7 rings (SSSR count). The van der Waals surface area contributed by atoms with E-state index in [2.05, 4.69) is 222 Å². The fraction of sp³-hybridized carbons (Fsp3) is 0.115. The van der Waals surface area contributed by atoms with Gasteiger partial charge in [-0.05, 0) is 156 Å². The van der Waals surface area contributed by atoms with Gasteiger partial charge in [-0.25, -0.2) is 0 Å². The summed E-state index contributed by atoms with van der Waals surface area (Å²) in [7, 11) is 0. The molecule has 0 heterocycles. The van der Waals surface area contributed by atoms with Crippen molar-refractivity contribution in [2.45, 2.75) is 41.5 Å². The summed E-state index contributed by atoms with van der Waals surface area (Å²) < 4.78 is 0. The van der Waals surface area contributed by atoms with Gasteiger partial charge in [0.15, 0.2) is 0 Å². The highest BCUT2D eigenvalue weighted by Gasteiger charge is 2.16. The number of rotatable bonds is 9. The first kappa shape index (κ1) is 35.2. The topological polar surface area (TPSA) is 3.24 Å². The van der Waals surface area contributed by atoms with Gasteiger partial charge in [0, 0.05) is 17.1 Å². The highest BCUT2D eigenvalue weighted by molar-refractivity contribution is 5.93. The molecule has 0 aromatic heterocycles. The molecule has 0 radical (unpaired) electrons. The average molecular weight is 686 g/mol. The average Bonchev–Trinajstić information content (AvgIpc) is 3.18. The monoisotopic (exact) mass is 685 g/mol. The van der Waals surface area contributed by atoms with Crippen LogP contribution in [0, 0.1) is 41.5 Å². The summed E-state index contributed by atoms with van der Waals surface area (Å²) in [5.41, 5.74) is 20.7. The van der Waals surface area contributed by atoms with E-state index < -0.39 is 0 Å². The van der Waals surface area contributed by atoms with Crippen molar-refractivity contribution in [3.05, 3.63) is 231 Å². The summed E-state index contributed by atoms with van der Waals surface area (Å²) >= 11 is 0. The highest BCUT2D eigenvalue weighted by Crippen LogP contribution is 2.38. The molecule has 53 heavy (non-hydrogen) atoms. The zero-order chi connectivity index (χ0) is 36.9. The van der Waals surface area contributed by atoms with Crippen LogP contribution in [-0.4, -0.2) is 0 Å². The van der Waals surface area contributed by atoms with Gasteiger partial charge < -0.3 is 4.90 Å². The molecule has 7 aromatic rings. The van der Waals surface area contributed by atoms with E-state index in [0.717, 1.165) is 22.5 Å². The number of benzene rings is 7. The summed E-state index contributed by atoms with van der Waals surface area (Å²) in [5.74, 6) is 0. The molecule has 0 aliphatic heterocycles. The van der Waals surface area contributed by atoms with Crippen LogP contribution in [0.25, 0.3) is 23.3 Å². The Balaban J connectivity index is 1.28. The lowest BCUT2D eigenvalue weighted by molar-refractivity contribution is 1.24. The smallest absolute Gasteiger partial charge is 0.0490 e. The van der Waals surface area contributed by atoms with Gasteiger partial charge in [-0.1, -0.05) is 139 Å². The Morgan fingerprint density at radius 1 is 0.358 bits per heavy atom. The minimum atomic E-state index is 1.12. The maximum atomic E-state index is 2.37. The Kier molecular flexibility index (Phi) is 10.4. The molecular formula is C52H47N. The molecule has 0 aliphatic rings. The molecule has 1 heteroatoms. The normalized spacial score (nSPS) is 11.8. The van der Waals surface area contributed by atoms with Crippen LogP contribution in [0.15, 0.2) is 164 Å². The standard InChI is InChI=1S/C52H47N/c1-36-17-30-52(41(6)31-36)53(48-26-20-42(21-27-48)34-50(44-13-9-7-10-14-44)46-24-18-37(2)39(4)32-46)49-28-22-43(23-29-49)35-51(45-15-11-8-12-16-45)47-25-19-38(3)40(5)33-47/h7-35H,1-6H3/b50-34-,51-35+. The van der Waals surface area contributed by atoms with Crippen molar-refractivity contribution in [3.8, 4) is 0 Å². The minimum Gasteiger partial charge on any atom is -0.310 e. The van der Waals surface area contributed by atoms with Crippen LogP contribution in [0.1, 0.15) is 66.8 Å². The Hall–Kier alpha value is -6.18. The van der Waals surface area contributed by atoms with Crippen molar-refractivity contribution in [3.63, 3.8) is 0 Å². The van der Waals surface area contributed by atoms with Crippen LogP contribution in [0.3, 0.4) is 0 Å². The molecule has 0 fully saturated rings. The first-order chi connectivity index (χ1) is 25.7. The van der Waals surface area contributed by atoms with E-state index in [9.17, 15) is 0 Å². The third kappa shape index (κ3) is 8.01. The first-order valence-corrected chi connectivity index (χ1v) is 18.5. The van der Waals surface area contributed by atoms with Crippen molar-refractivity contribution >= 4 is 40.4 Å². The molecule has 0 saturated carbocycles. The fourth-order valence-corrected chi connectivity index (χ4v) is 6.98. The number of hydrogen-bond donors (Lipinski definition) is 0. The summed E-state index contributed by atoms with van der Waals surface area (Å²) in [6.07, 6.45) is 4.62. The second-order valence-corrected chi connectivity index (χ2v) is 14.3. The molecule has 0 saturated heterocycles. The summed E-state index contributed by atoms with van der Waals surface area (Å²) in [6, 6.07) is 59.6. The lowest BCUT2D eigenvalue weighted by Gasteiger charge is -2.27. The van der Waals surface area contributed by atoms with Crippen molar-refractivity contribution in [2.24, 2.45) is 0 Å². The molecule has 0 unspecified atom stereocenters. The zero-order valence-corrected chi connectivity index (χ0v) is 31.7. The van der Waals surface area contributed by atoms with Gasteiger partial charge >= 0.3 is 0 Å². The zero-order valence-electron chi connectivity index (χ0n) is 31.7. The van der Waals surface area contributed by atoms with E-state index in [0.29, 0.717) is 0 Å². The van der Waals surface area contributed by atoms with E-state index in [4.69, 9.17) is 0 Å². The van der Waals surface area contributed by atoms with Gasteiger partial charge in [-0.15, -0.1) is 0 Å². The van der Waals surface area contributed by atoms with Gasteiger partial charge in [0.1, 0.15) is 0 Å². The summed E-state index contributed by atoms with van der Waals surface area (Å²) in [5, 5.41) is 0. The van der Waals surface area contributed by atoms with Crippen LogP contribution in [-0.2, 0) is 0 Å². The van der Waals surface area contributed by atoms with Crippen LogP contribution < -0.4 is 4.90 Å².